The fourth-order valence-electron chi connectivity index (χ4n) is 1.98. The molecule has 0 aliphatic rings. The molecule has 0 aliphatic heterocycles. The first-order valence-electron chi connectivity index (χ1n) is 6.38. The van der Waals surface area contributed by atoms with E-state index in [0.717, 1.165) is 24.7 Å². The standard InChI is InChI=1S/C15H22O/c1-2-3-4-5-7-12-15(13-16)14-10-8-6-9-11-14/h6,8-11,13,15H,2-5,7,12H2,1H3. The van der Waals surface area contributed by atoms with Crippen molar-refractivity contribution in [1.29, 1.82) is 0 Å². The Bertz CT molecular complexity index is 279. The van der Waals surface area contributed by atoms with Crippen LogP contribution in [-0.2, 0) is 4.79 Å². The van der Waals surface area contributed by atoms with Gasteiger partial charge in [0.25, 0.3) is 0 Å². The molecule has 1 atom stereocenters. The van der Waals surface area contributed by atoms with Crippen LogP contribution in [0.1, 0.15) is 56.9 Å². The zero-order chi connectivity index (χ0) is 11.6. The van der Waals surface area contributed by atoms with Crippen LogP contribution >= 0.6 is 0 Å². The third-order valence-electron chi connectivity index (χ3n) is 3.01. The summed E-state index contributed by atoms with van der Waals surface area (Å²) in [4.78, 5) is 11.0. The third-order valence-corrected chi connectivity index (χ3v) is 3.01. The second-order valence-corrected chi connectivity index (χ2v) is 4.36. The van der Waals surface area contributed by atoms with E-state index < -0.39 is 0 Å². The van der Waals surface area contributed by atoms with E-state index in [1.807, 2.05) is 30.3 Å². The van der Waals surface area contributed by atoms with Gasteiger partial charge >= 0.3 is 0 Å². The van der Waals surface area contributed by atoms with Crippen molar-refractivity contribution in [1.82, 2.24) is 0 Å². The van der Waals surface area contributed by atoms with Crippen LogP contribution in [0, 0.1) is 0 Å². The normalized spacial score (nSPS) is 12.3. The number of carbonyl (C=O) groups excluding carboxylic acids is 1. The number of benzene rings is 1. The van der Waals surface area contributed by atoms with E-state index in [1.54, 1.807) is 0 Å². The molecule has 1 aromatic carbocycles. The molecule has 1 nitrogen and oxygen atoms in total. The van der Waals surface area contributed by atoms with Gasteiger partial charge in [-0.2, -0.15) is 0 Å². The molecule has 1 aromatic rings. The number of hydrogen-bond acceptors (Lipinski definition) is 1. The topological polar surface area (TPSA) is 17.1 Å². The molecule has 1 unspecified atom stereocenters. The Morgan fingerprint density at radius 3 is 2.38 bits per heavy atom. The average molecular weight is 218 g/mol. The van der Waals surface area contributed by atoms with Gasteiger partial charge in [-0.1, -0.05) is 69.4 Å². The monoisotopic (exact) mass is 218 g/mol. The lowest BCUT2D eigenvalue weighted by atomic mass is 9.94. The highest BCUT2D eigenvalue weighted by molar-refractivity contribution is 5.61. The van der Waals surface area contributed by atoms with Crippen LogP contribution in [0.3, 0.4) is 0 Å². The number of carbonyl (C=O) groups is 1. The molecule has 0 bridgehead atoms. The zero-order valence-electron chi connectivity index (χ0n) is 10.2. The molecule has 0 radical (unpaired) electrons. The van der Waals surface area contributed by atoms with Crippen molar-refractivity contribution in [3.8, 4) is 0 Å². The maximum Gasteiger partial charge on any atom is 0.127 e. The summed E-state index contributed by atoms with van der Waals surface area (Å²) < 4.78 is 0. The van der Waals surface area contributed by atoms with E-state index in [9.17, 15) is 4.79 Å². The van der Waals surface area contributed by atoms with E-state index in [0.29, 0.717) is 0 Å². The van der Waals surface area contributed by atoms with Crippen LogP contribution in [-0.4, -0.2) is 6.29 Å². The van der Waals surface area contributed by atoms with Crippen molar-refractivity contribution in [3.63, 3.8) is 0 Å². The Balaban J connectivity index is 2.30. The first kappa shape index (κ1) is 13.0. The molecule has 0 spiro atoms. The van der Waals surface area contributed by atoms with Gasteiger partial charge in [-0.05, 0) is 12.0 Å². The van der Waals surface area contributed by atoms with Crippen molar-refractivity contribution in [3.05, 3.63) is 35.9 Å². The van der Waals surface area contributed by atoms with Crippen LogP contribution in [0.25, 0.3) is 0 Å². The van der Waals surface area contributed by atoms with Crippen LogP contribution in [0.15, 0.2) is 30.3 Å². The fraction of sp³-hybridized carbons (Fsp3) is 0.533. The second-order valence-electron chi connectivity index (χ2n) is 4.36. The quantitative estimate of drug-likeness (QED) is 0.469. The predicted octanol–water partition coefficient (Wildman–Crippen LogP) is 4.33. The number of hydrogen-bond donors (Lipinski definition) is 0. The van der Waals surface area contributed by atoms with Crippen molar-refractivity contribution in [2.75, 3.05) is 0 Å². The lowest BCUT2D eigenvalue weighted by molar-refractivity contribution is -0.109. The lowest BCUT2D eigenvalue weighted by Gasteiger charge is -2.10. The van der Waals surface area contributed by atoms with Crippen molar-refractivity contribution < 1.29 is 4.79 Å². The smallest absolute Gasteiger partial charge is 0.127 e. The molecule has 0 saturated heterocycles. The molecular weight excluding hydrogens is 196 g/mol. The van der Waals surface area contributed by atoms with Crippen LogP contribution in [0.4, 0.5) is 0 Å². The van der Waals surface area contributed by atoms with E-state index in [2.05, 4.69) is 6.92 Å². The zero-order valence-corrected chi connectivity index (χ0v) is 10.2. The minimum absolute atomic E-state index is 0.0998. The van der Waals surface area contributed by atoms with Crippen molar-refractivity contribution in [2.24, 2.45) is 0 Å². The predicted molar refractivity (Wildman–Crippen MR) is 68.6 cm³/mol. The summed E-state index contributed by atoms with van der Waals surface area (Å²) in [6.45, 7) is 2.22. The van der Waals surface area contributed by atoms with Gasteiger partial charge in [0.05, 0.1) is 0 Å². The van der Waals surface area contributed by atoms with Gasteiger partial charge in [-0.15, -0.1) is 0 Å². The highest BCUT2D eigenvalue weighted by Crippen LogP contribution is 2.20. The summed E-state index contributed by atoms with van der Waals surface area (Å²) in [5, 5.41) is 0. The van der Waals surface area contributed by atoms with Crippen molar-refractivity contribution >= 4 is 6.29 Å². The molecule has 0 heterocycles. The number of unbranched alkanes of at least 4 members (excludes halogenated alkanes) is 4. The van der Waals surface area contributed by atoms with Gasteiger partial charge in [-0.3, -0.25) is 0 Å². The Hall–Kier alpha value is -1.11. The van der Waals surface area contributed by atoms with E-state index in [4.69, 9.17) is 0 Å². The Kier molecular flexibility index (Phi) is 6.55. The highest BCUT2D eigenvalue weighted by atomic mass is 16.1. The Morgan fingerprint density at radius 2 is 1.75 bits per heavy atom. The molecule has 0 fully saturated rings. The molecule has 0 aliphatic carbocycles. The van der Waals surface area contributed by atoms with Gasteiger partial charge in [0, 0.05) is 5.92 Å². The van der Waals surface area contributed by atoms with Gasteiger partial charge < -0.3 is 4.79 Å². The maximum atomic E-state index is 11.0. The molecule has 1 rings (SSSR count). The number of aldehydes is 1. The van der Waals surface area contributed by atoms with Crippen molar-refractivity contribution in [2.45, 2.75) is 51.4 Å². The Morgan fingerprint density at radius 1 is 1.06 bits per heavy atom. The molecular formula is C15H22O. The molecule has 88 valence electrons. The minimum atomic E-state index is 0.0998. The first-order chi connectivity index (χ1) is 7.88. The van der Waals surface area contributed by atoms with E-state index in [1.165, 1.54) is 25.7 Å². The van der Waals surface area contributed by atoms with Crippen LogP contribution < -0.4 is 0 Å². The molecule has 0 saturated carbocycles. The molecule has 0 amide bonds. The summed E-state index contributed by atoms with van der Waals surface area (Å²) in [6.07, 6.45) is 8.40. The maximum absolute atomic E-state index is 11.0. The van der Waals surface area contributed by atoms with Gasteiger partial charge in [-0.25, -0.2) is 0 Å². The van der Waals surface area contributed by atoms with Crippen LogP contribution in [0.2, 0.25) is 0 Å². The molecule has 0 N–H and O–H groups in total. The fourth-order valence-corrected chi connectivity index (χ4v) is 1.98. The second kappa shape index (κ2) is 8.09. The number of rotatable bonds is 8. The molecule has 16 heavy (non-hydrogen) atoms. The third kappa shape index (κ3) is 4.61. The highest BCUT2D eigenvalue weighted by Gasteiger charge is 2.08. The van der Waals surface area contributed by atoms with E-state index >= 15 is 0 Å². The summed E-state index contributed by atoms with van der Waals surface area (Å²) in [6, 6.07) is 10.1. The summed E-state index contributed by atoms with van der Waals surface area (Å²) in [7, 11) is 0. The van der Waals surface area contributed by atoms with Gasteiger partial charge in [0.15, 0.2) is 0 Å². The van der Waals surface area contributed by atoms with Gasteiger partial charge in [0.2, 0.25) is 0 Å². The SMILES string of the molecule is CCCCCCCC(C=O)c1ccccc1. The largest absolute Gasteiger partial charge is 0.303 e. The summed E-state index contributed by atoms with van der Waals surface area (Å²) in [5.41, 5.74) is 1.16. The minimum Gasteiger partial charge on any atom is -0.303 e. The lowest BCUT2D eigenvalue weighted by Crippen LogP contribution is -1.99. The van der Waals surface area contributed by atoms with Gasteiger partial charge in [0.1, 0.15) is 6.29 Å². The van der Waals surface area contributed by atoms with E-state index in [-0.39, 0.29) is 5.92 Å². The Labute approximate surface area is 98.9 Å². The summed E-state index contributed by atoms with van der Waals surface area (Å²) in [5.74, 6) is 0.0998. The van der Waals surface area contributed by atoms with Crippen LogP contribution in [0.5, 0.6) is 0 Å². The molecule has 1 heteroatoms. The first-order valence-corrected chi connectivity index (χ1v) is 6.38. The average Bonchev–Trinajstić information content (AvgIpc) is 2.35. The summed E-state index contributed by atoms with van der Waals surface area (Å²) >= 11 is 0. The molecule has 0 aromatic heterocycles.